The Balaban J connectivity index is 1.98. The van der Waals surface area contributed by atoms with Crippen molar-refractivity contribution in [2.45, 2.75) is 18.8 Å². The van der Waals surface area contributed by atoms with E-state index in [0.717, 1.165) is 18.7 Å². The predicted octanol–water partition coefficient (Wildman–Crippen LogP) is 2.19. The summed E-state index contributed by atoms with van der Waals surface area (Å²) in [5, 5.41) is 8.86. The van der Waals surface area contributed by atoms with E-state index in [9.17, 15) is 4.79 Å². The fraction of sp³-hybridized carbons (Fsp3) is 0.231. The topological polar surface area (TPSA) is 66.0 Å². The number of aryl methyl sites for hydroxylation is 1. The maximum Gasteiger partial charge on any atom is 0.353 e. The Morgan fingerprint density at radius 2 is 2.24 bits per heavy atom. The predicted molar refractivity (Wildman–Crippen MR) is 62.2 cm³/mol. The van der Waals surface area contributed by atoms with E-state index in [4.69, 9.17) is 5.11 Å². The van der Waals surface area contributed by atoms with E-state index in [2.05, 4.69) is 22.1 Å². The summed E-state index contributed by atoms with van der Waals surface area (Å²) in [5.74, 6) is 0.00156. The van der Waals surface area contributed by atoms with E-state index < -0.39 is 5.97 Å². The van der Waals surface area contributed by atoms with Gasteiger partial charge in [-0.1, -0.05) is 24.3 Å². The van der Waals surface area contributed by atoms with Gasteiger partial charge in [0.05, 0.1) is 6.20 Å². The van der Waals surface area contributed by atoms with Gasteiger partial charge in [-0.15, -0.1) is 0 Å². The molecule has 3 rings (SSSR count). The first-order valence-electron chi connectivity index (χ1n) is 5.61. The molecule has 1 aliphatic rings. The van der Waals surface area contributed by atoms with Crippen LogP contribution in [0.2, 0.25) is 0 Å². The SMILES string of the molecule is O=C(O)c1cnc(C2CCc3ccccc32)[nH]1. The van der Waals surface area contributed by atoms with Crippen LogP contribution in [-0.4, -0.2) is 21.0 Å². The van der Waals surface area contributed by atoms with E-state index in [0.29, 0.717) is 0 Å². The molecule has 2 N–H and O–H groups in total. The van der Waals surface area contributed by atoms with E-state index in [-0.39, 0.29) is 11.6 Å². The van der Waals surface area contributed by atoms with Crippen molar-refractivity contribution in [2.24, 2.45) is 0 Å². The Labute approximate surface area is 98.3 Å². The number of carboxylic acids is 1. The smallest absolute Gasteiger partial charge is 0.353 e. The van der Waals surface area contributed by atoms with Gasteiger partial charge in [-0.2, -0.15) is 0 Å². The van der Waals surface area contributed by atoms with Crippen LogP contribution in [0.4, 0.5) is 0 Å². The van der Waals surface area contributed by atoms with Gasteiger partial charge in [-0.05, 0) is 24.0 Å². The minimum absolute atomic E-state index is 0.157. The molecule has 1 heterocycles. The lowest BCUT2D eigenvalue weighted by Crippen LogP contribution is -2.01. The van der Waals surface area contributed by atoms with Gasteiger partial charge in [-0.3, -0.25) is 0 Å². The molecule has 1 atom stereocenters. The van der Waals surface area contributed by atoms with Crippen LogP contribution >= 0.6 is 0 Å². The minimum atomic E-state index is -0.963. The van der Waals surface area contributed by atoms with Crippen molar-refractivity contribution in [2.75, 3.05) is 0 Å². The Morgan fingerprint density at radius 1 is 1.41 bits per heavy atom. The number of aromatic amines is 1. The third kappa shape index (κ3) is 1.62. The minimum Gasteiger partial charge on any atom is -0.477 e. The molecule has 0 aliphatic heterocycles. The average molecular weight is 228 g/mol. The maximum atomic E-state index is 10.8. The summed E-state index contributed by atoms with van der Waals surface area (Å²) in [5.41, 5.74) is 2.76. The van der Waals surface area contributed by atoms with E-state index >= 15 is 0 Å². The number of nitrogens with one attached hydrogen (secondary N) is 1. The van der Waals surface area contributed by atoms with Crippen LogP contribution in [0.3, 0.4) is 0 Å². The number of carboxylic acid groups (broad SMARTS) is 1. The van der Waals surface area contributed by atoms with Gasteiger partial charge in [-0.25, -0.2) is 9.78 Å². The van der Waals surface area contributed by atoms with E-state index in [1.54, 1.807) is 0 Å². The largest absolute Gasteiger partial charge is 0.477 e. The number of imidazole rings is 1. The second-order valence-electron chi connectivity index (χ2n) is 4.28. The molecule has 2 aromatic rings. The molecule has 4 nitrogen and oxygen atoms in total. The van der Waals surface area contributed by atoms with Gasteiger partial charge in [0.15, 0.2) is 0 Å². The number of hydrogen-bond donors (Lipinski definition) is 2. The standard InChI is InChI=1S/C13H12N2O2/c16-13(17)11-7-14-12(15-11)10-6-5-8-3-1-2-4-9(8)10/h1-4,7,10H,5-6H2,(H,14,15)(H,16,17). The van der Waals surface area contributed by atoms with Crippen LogP contribution in [0.5, 0.6) is 0 Å². The molecule has 1 aromatic heterocycles. The average Bonchev–Trinajstić information content (AvgIpc) is 2.95. The Morgan fingerprint density at radius 3 is 3.00 bits per heavy atom. The Bertz CT molecular complexity index is 574. The molecule has 86 valence electrons. The lowest BCUT2D eigenvalue weighted by Gasteiger charge is -2.07. The highest BCUT2D eigenvalue weighted by molar-refractivity contribution is 5.85. The van der Waals surface area contributed by atoms with Gasteiger partial charge in [0.25, 0.3) is 0 Å². The molecule has 1 aromatic carbocycles. The summed E-state index contributed by atoms with van der Waals surface area (Å²) in [6, 6.07) is 8.26. The first-order valence-corrected chi connectivity index (χ1v) is 5.61. The van der Waals surface area contributed by atoms with Crippen LogP contribution in [0.25, 0.3) is 0 Å². The lowest BCUT2D eigenvalue weighted by molar-refractivity contribution is 0.0691. The molecular weight excluding hydrogens is 216 g/mol. The second kappa shape index (κ2) is 3.73. The first kappa shape index (κ1) is 10.1. The fourth-order valence-electron chi connectivity index (χ4n) is 2.46. The number of hydrogen-bond acceptors (Lipinski definition) is 2. The zero-order valence-electron chi connectivity index (χ0n) is 9.18. The molecular formula is C13H12N2O2. The number of H-pyrrole nitrogens is 1. The Hall–Kier alpha value is -2.10. The maximum absolute atomic E-state index is 10.8. The number of carbonyl (C=O) groups is 1. The van der Waals surface area contributed by atoms with Gasteiger partial charge >= 0.3 is 5.97 Å². The van der Waals surface area contributed by atoms with Crippen molar-refractivity contribution in [1.29, 1.82) is 0 Å². The van der Waals surface area contributed by atoms with Crippen molar-refractivity contribution in [3.8, 4) is 0 Å². The van der Waals surface area contributed by atoms with Crippen molar-refractivity contribution < 1.29 is 9.90 Å². The highest BCUT2D eigenvalue weighted by atomic mass is 16.4. The quantitative estimate of drug-likeness (QED) is 0.828. The number of aromatic nitrogens is 2. The molecule has 4 heteroatoms. The third-order valence-electron chi connectivity index (χ3n) is 3.29. The number of rotatable bonds is 2. The van der Waals surface area contributed by atoms with Crippen LogP contribution in [-0.2, 0) is 6.42 Å². The molecule has 0 spiro atoms. The van der Waals surface area contributed by atoms with Crippen LogP contribution in [0.15, 0.2) is 30.5 Å². The molecule has 0 radical (unpaired) electrons. The highest BCUT2D eigenvalue weighted by Gasteiger charge is 2.26. The van der Waals surface area contributed by atoms with Gasteiger partial charge in [0.2, 0.25) is 0 Å². The zero-order valence-corrected chi connectivity index (χ0v) is 9.18. The van der Waals surface area contributed by atoms with Gasteiger partial charge in [0.1, 0.15) is 11.5 Å². The highest BCUT2D eigenvalue weighted by Crippen LogP contribution is 2.36. The van der Waals surface area contributed by atoms with E-state index in [1.807, 2.05) is 12.1 Å². The summed E-state index contributed by atoms with van der Waals surface area (Å²) >= 11 is 0. The number of benzene rings is 1. The molecule has 17 heavy (non-hydrogen) atoms. The number of nitrogens with zero attached hydrogens (tertiary/aromatic N) is 1. The molecule has 0 bridgehead atoms. The van der Waals surface area contributed by atoms with Crippen molar-refractivity contribution in [3.63, 3.8) is 0 Å². The monoisotopic (exact) mass is 228 g/mol. The van der Waals surface area contributed by atoms with Crippen molar-refractivity contribution >= 4 is 5.97 Å². The normalized spacial score (nSPS) is 18.0. The molecule has 0 fully saturated rings. The summed E-state index contributed by atoms with van der Waals surface area (Å²) in [6.45, 7) is 0. The first-order chi connectivity index (χ1) is 8.25. The van der Waals surface area contributed by atoms with Gasteiger partial charge in [0, 0.05) is 5.92 Å². The molecule has 1 aliphatic carbocycles. The molecule has 0 saturated carbocycles. The van der Waals surface area contributed by atoms with Crippen LogP contribution in [0.1, 0.15) is 39.8 Å². The van der Waals surface area contributed by atoms with Crippen molar-refractivity contribution in [3.05, 3.63) is 53.1 Å². The van der Waals surface area contributed by atoms with E-state index in [1.165, 1.54) is 17.3 Å². The summed E-state index contributed by atoms with van der Waals surface area (Å²) in [7, 11) is 0. The van der Waals surface area contributed by atoms with Crippen molar-refractivity contribution in [1.82, 2.24) is 9.97 Å². The zero-order chi connectivity index (χ0) is 11.8. The summed E-state index contributed by atoms with van der Waals surface area (Å²) < 4.78 is 0. The third-order valence-corrected chi connectivity index (χ3v) is 3.29. The fourth-order valence-corrected chi connectivity index (χ4v) is 2.46. The second-order valence-corrected chi connectivity index (χ2v) is 4.28. The van der Waals surface area contributed by atoms with Crippen LogP contribution in [0, 0.1) is 0 Å². The molecule has 1 unspecified atom stereocenters. The lowest BCUT2D eigenvalue weighted by atomic mass is 10.0. The number of fused-ring (bicyclic) bond motifs is 1. The van der Waals surface area contributed by atoms with Crippen LogP contribution < -0.4 is 0 Å². The molecule has 0 saturated heterocycles. The van der Waals surface area contributed by atoms with Gasteiger partial charge < -0.3 is 10.1 Å². The Kier molecular flexibility index (Phi) is 2.21. The summed E-state index contributed by atoms with van der Waals surface area (Å²) in [6.07, 6.45) is 3.41. The summed E-state index contributed by atoms with van der Waals surface area (Å²) in [4.78, 5) is 17.9. The molecule has 0 amide bonds. The number of aromatic carboxylic acids is 1.